The van der Waals surface area contributed by atoms with E-state index in [0.717, 1.165) is 16.3 Å². The summed E-state index contributed by atoms with van der Waals surface area (Å²) in [5.74, 6) is 1.08. The van der Waals surface area contributed by atoms with Gasteiger partial charge in [0, 0.05) is 17.5 Å². The lowest BCUT2D eigenvalue weighted by molar-refractivity contribution is 0.0546. The second-order valence-corrected chi connectivity index (χ2v) is 4.80. The van der Waals surface area contributed by atoms with Gasteiger partial charge < -0.3 is 9.47 Å². The molecule has 0 radical (unpaired) electrons. The van der Waals surface area contributed by atoms with Crippen molar-refractivity contribution in [2.45, 2.75) is 25.8 Å². The van der Waals surface area contributed by atoms with E-state index in [0.29, 0.717) is 25.0 Å². The van der Waals surface area contributed by atoms with Crippen LogP contribution in [0.15, 0.2) is 30.5 Å². The molecule has 0 aliphatic heterocycles. The second kappa shape index (κ2) is 6.73. The van der Waals surface area contributed by atoms with E-state index in [4.69, 9.17) is 21.1 Å². The van der Waals surface area contributed by atoms with Crippen LogP contribution in [0.2, 0.25) is 0 Å². The third-order valence-corrected chi connectivity index (χ3v) is 3.05. The molecule has 0 aliphatic carbocycles. The minimum absolute atomic E-state index is 0.215. The lowest BCUT2D eigenvalue weighted by Crippen LogP contribution is -2.12. The zero-order valence-corrected chi connectivity index (χ0v) is 12.0. The maximum Gasteiger partial charge on any atom is 0.221 e. The summed E-state index contributed by atoms with van der Waals surface area (Å²) < 4.78 is 11.1. The van der Waals surface area contributed by atoms with E-state index in [1.807, 2.05) is 38.1 Å². The van der Waals surface area contributed by atoms with Gasteiger partial charge in [-0.3, -0.25) is 0 Å². The van der Waals surface area contributed by atoms with Crippen LogP contribution in [0.4, 0.5) is 0 Å². The molecule has 0 saturated carbocycles. The zero-order chi connectivity index (χ0) is 13.7. The Hall–Kier alpha value is -1.32. The highest BCUT2D eigenvalue weighted by molar-refractivity contribution is 6.18. The van der Waals surface area contributed by atoms with Crippen LogP contribution in [0.1, 0.15) is 19.4 Å². The van der Waals surface area contributed by atoms with E-state index in [2.05, 4.69) is 4.98 Å². The van der Waals surface area contributed by atoms with E-state index in [-0.39, 0.29) is 6.10 Å². The first-order valence-electron chi connectivity index (χ1n) is 6.39. The van der Waals surface area contributed by atoms with Gasteiger partial charge in [-0.2, -0.15) is 0 Å². The van der Waals surface area contributed by atoms with Crippen molar-refractivity contribution in [2.75, 3.05) is 13.2 Å². The van der Waals surface area contributed by atoms with Crippen molar-refractivity contribution >= 4 is 22.4 Å². The summed E-state index contributed by atoms with van der Waals surface area (Å²) in [6.45, 7) is 5.06. The predicted octanol–water partition coefficient (Wildman–Crippen LogP) is 3.78. The molecule has 2 aromatic rings. The minimum atomic E-state index is 0.215. The minimum Gasteiger partial charge on any atom is -0.475 e. The van der Waals surface area contributed by atoms with Crippen molar-refractivity contribution in [1.82, 2.24) is 4.98 Å². The Morgan fingerprint density at radius 1 is 1.16 bits per heavy atom. The molecule has 0 bridgehead atoms. The van der Waals surface area contributed by atoms with E-state index in [9.17, 15) is 0 Å². The van der Waals surface area contributed by atoms with Gasteiger partial charge in [0.15, 0.2) is 0 Å². The summed E-state index contributed by atoms with van der Waals surface area (Å²) in [5.41, 5.74) is 1.02. The van der Waals surface area contributed by atoms with Crippen LogP contribution >= 0.6 is 11.6 Å². The molecule has 0 unspecified atom stereocenters. The molecule has 1 aromatic carbocycles. The summed E-state index contributed by atoms with van der Waals surface area (Å²) >= 11 is 5.92. The van der Waals surface area contributed by atoms with E-state index >= 15 is 0 Å². The third kappa shape index (κ3) is 3.58. The van der Waals surface area contributed by atoms with Gasteiger partial charge in [0.1, 0.15) is 6.61 Å². The first-order chi connectivity index (χ1) is 9.22. The zero-order valence-electron chi connectivity index (χ0n) is 11.2. The Morgan fingerprint density at radius 2 is 1.89 bits per heavy atom. The standard InChI is InChI=1S/C15H18ClNO2/c1-11(2)18-7-8-19-15-14-6-4-3-5-13(14)12(9-16)10-17-15/h3-6,10-11H,7-9H2,1-2H3. The number of fused-ring (bicyclic) bond motifs is 1. The average molecular weight is 280 g/mol. The highest BCUT2D eigenvalue weighted by Gasteiger charge is 2.07. The smallest absolute Gasteiger partial charge is 0.221 e. The van der Waals surface area contributed by atoms with E-state index in [1.165, 1.54) is 0 Å². The molecule has 0 atom stereocenters. The molecule has 4 heteroatoms. The first-order valence-corrected chi connectivity index (χ1v) is 6.93. The summed E-state index contributed by atoms with van der Waals surface area (Å²) in [5, 5.41) is 2.08. The molecular formula is C15H18ClNO2. The van der Waals surface area contributed by atoms with Crippen LogP contribution in [-0.2, 0) is 10.6 Å². The van der Waals surface area contributed by atoms with Gasteiger partial charge in [0.25, 0.3) is 0 Å². The number of hydrogen-bond acceptors (Lipinski definition) is 3. The summed E-state index contributed by atoms with van der Waals surface area (Å²) in [6, 6.07) is 7.99. The molecule has 0 amide bonds. The van der Waals surface area contributed by atoms with Gasteiger partial charge in [0.2, 0.25) is 5.88 Å². The lowest BCUT2D eigenvalue weighted by Gasteiger charge is -2.11. The maximum atomic E-state index is 5.92. The summed E-state index contributed by atoms with van der Waals surface area (Å²) in [7, 11) is 0. The normalized spacial score (nSPS) is 11.2. The highest BCUT2D eigenvalue weighted by Crippen LogP contribution is 2.26. The van der Waals surface area contributed by atoms with Crippen LogP contribution in [0.3, 0.4) is 0 Å². The second-order valence-electron chi connectivity index (χ2n) is 4.54. The van der Waals surface area contributed by atoms with Crippen LogP contribution in [0, 0.1) is 0 Å². The van der Waals surface area contributed by atoms with Crippen molar-refractivity contribution in [2.24, 2.45) is 0 Å². The molecule has 3 nitrogen and oxygen atoms in total. The van der Waals surface area contributed by atoms with Crippen molar-refractivity contribution in [3.05, 3.63) is 36.0 Å². The summed E-state index contributed by atoms with van der Waals surface area (Å²) in [4.78, 5) is 4.33. The van der Waals surface area contributed by atoms with Gasteiger partial charge in [-0.15, -0.1) is 11.6 Å². The first kappa shape index (κ1) is 14.1. The van der Waals surface area contributed by atoms with Crippen LogP contribution in [0.5, 0.6) is 5.88 Å². The highest BCUT2D eigenvalue weighted by atomic mass is 35.5. The molecule has 19 heavy (non-hydrogen) atoms. The van der Waals surface area contributed by atoms with Gasteiger partial charge in [-0.05, 0) is 30.9 Å². The fourth-order valence-electron chi connectivity index (χ4n) is 1.87. The monoisotopic (exact) mass is 279 g/mol. The topological polar surface area (TPSA) is 31.4 Å². The number of aromatic nitrogens is 1. The fraction of sp³-hybridized carbons (Fsp3) is 0.400. The molecule has 1 heterocycles. The summed E-state index contributed by atoms with van der Waals surface area (Å²) in [6.07, 6.45) is 1.99. The van der Waals surface area contributed by atoms with Crippen molar-refractivity contribution in [1.29, 1.82) is 0 Å². The number of halogens is 1. The van der Waals surface area contributed by atoms with E-state index in [1.54, 1.807) is 6.20 Å². The largest absolute Gasteiger partial charge is 0.475 e. The van der Waals surface area contributed by atoms with Gasteiger partial charge >= 0.3 is 0 Å². The van der Waals surface area contributed by atoms with Crippen molar-refractivity contribution in [3.63, 3.8) is 0 Å². The Kier molecular flexibility index (Phi) is 5.00. The maximum absolute atomic E-state index is 5.92. The van der Waals surface area contributed by atoms with Crippen molar-refractivity contribution < 1.29 is 9.47 Å². The lowest BCUT2D eigenvalue weighted by atomic mass is 10.1. The predicted molar refractivity (Wildman–Crippen MR) is 77.9 cm³/mol. The van der Waals surface area contributed by atoms with Gasteiger partial charge in [-0.25, -0.2) is 4.98 Å². The van der Waals surface area contributed by atoms with Crippen LogP contribution < -0.4 is 4.74 Å². The van der Waals surface area contributed by atoms with E-state index < -0.39 is 0 Å². The van der Waals surface area contributed by atoms with Crippen LogP contribution in [0.25, 0.3) is 10.8 Å². The number of alkyl halides is 1. The van der Waals surface area contributed by atoms with Gasteiger partial charge in [0.05, 0.1) is 12.7 Å². The molecule has 2 rings (SSSR count). The van der Waals surface area contributed by atoms with Gasteiger partial charge in [-0.1, -0.05) is 18.2 Å². The Balaban J connectivity index is 2.15. The fourth-order valence-corrected chi connectivity index (χ4v) is 2.08. The number of rotatable bonds is 6. The SMILES string of the molecule is CC(C)OCCOc1ncc(CCl)c2ccccc12. The number of nitrogens with zero attached hydrogens (tertiary/aromatic N) is 1. The molecule has 102 valence electrons. The molecule has 0 spiro atoms. The molecule has 0 fully saturated rings. The molecule has 0 aliphatic rings. The number of benzene rings is 1. The Bertz CT molecular complexity index is 543. The Labute approximate surface area is 118 Å². The number of hydrogen-bond donors (Lipinski definition) is 0. The quantitative estimate of drug-likeness (QED) is 0.596. The molecule has 0 saturated heterocycles. The molecular weight excluding hydrogens is 262 g/mol. The van der Waals surface area contributed by atoms with Crippen molar-refractivity contribution in [3.8, 4) is 5.88 Å². The molecule has 1 aromatic heterocycles. The van der Waals surface area contributed by atoms with Crippen LogP contribution in [-0.4, -0.2) is 24.3 Å². The third-order valence-electron chi connectivity index (χ3n) is 2.76. The molecule has 0 N–H and O–H groups in total. The Morgan fingerprint density at radius 3 is 2.58 bits per heavy atom. The number of ether oxygens (including phenoxy) is 2. The average Bonchev–Trinajstić information content (AvgIpc) is 2.43. The number of pyridine rings is 1.